The lowest BCUT2D eigenvalue weighted by Gasteiger charge is -2.16. The second-order valence-corrected chi connectivity index (χ2v) is 7.01. The molecule has 0 bridgehead atoms. The maximum Gasteiger partial charge on any atom is 0.272 e. The van der Waals surface area contributed by atoms with Crippen LogP contribution in [0.1, 0.15) is 15.9 Å². The average Bonchev–Trinajstić information content (AvgIpc) is 2.53. The fraction of sp³-hybridized carbons (Fsp3) is 0.125. The first-order valence-electron chi connectivity index (χ1n) is 7.06. The molecule has 130 valence electrons. The minimum Gasteiger partial charge on any atom is -0.368 e. The Balaban J connectivity index is 2.23. The third-order valence-corrected chi connectivity index (χ3v) is 4.30. The molecule has 0 aliphatic heterocycles. The van der Waals surface area contributed by atoms with E-state index >= 15 is 0 Å². The average molecular weight is 471 g/mol. The van der Waals surface area contributed by atoms with Crippen LogP contribution in [-0.2, 0) is 11.2 Å². The molecule has 0 radical (unpaired) electrons. The van der Waals surface area contributed by atoms with Crippen LogP contribution in [0.4, 0.5) is 5.69 Å². The van der Waals surface area contributed by atoms with E-state index < -0.39 is 22.8 Å². The summed E-state index contributed by atoms with van der Waals surface area (Å²) in [5.74, 6) is -1.29. The van der Waals surface area contributed by atoms with Crippen LogP contribution in [0, 0.1) is 10.1 Å². The number of para-hydroxylation sites is 1. The molecule has 25 heavy (non-hydrogen) atoms. The zero-order valence-electron chi connectivity index (χ0n) is 12.7. The van der Waals surface area contributed by atoms with Gasteiger partial charge in [0.25, 0.3) is 11.6 Å². The summed E-state index contributed by atoms with van der Waals surface area (Å²) in [6.07, 6.45) is -0.0760. The molecule has 0 aliphatic carbocycles. The van der Waals surface area contributed by atoms with E-state index in [0.717, 1.165) is 0 Å². The molecule has 0 heterocycles. The molecule has 0 aliphatic rings. The van der Waals surface area contributed by atoms with Gasteiger partial charge >= 0.3 is 0 Å². The van der Waals surface area contributed by atoms with Gasteiger partial charge in [-0.25, -0.2) is 0 Å². The number of rotatable bonds is 6. The number of carbonyl (C=O) groups excluding carboxylic acids is 2. The lowest BCUT2D eigenvalue weighted by Crippen LogP contribution is -2.45. The molecule has 0 saturated heterocycles. The molecule has 9 heteroatoms. The highest BCUT2D eigenvalue weighted by Crippen LogP contribution is 2.21. The second kappa shape index (κ2) is 8.21. The number of nitrogens with one attached hydrogen (secondary N) is 1. The number of nitro groups is 1. The van der Waals surface area contributed by atoms with Gasteiger partial charge in [0.15, 0.2) is 0 Å². The maximum absolute atomic E-state index is 12.4. The summed E-state index contributed by atoms with van der Waals surface area (Å²) in [6, 6.07) is 9.86. The minimum absolute atomic E-state index is 0.0760. The van der Waals surface area contributed by atoms with Gasteiger partial charge < -0.3 is 11.1 Å². The molecule has 0 unspecified atom stereocenters. The van der Waals surface area contributed by atoms with Gasteiger partial charge in [-0.3, -0.25) is 19.7 Å². The fourth-order valence-corrected chi connectivity index (χ4v) is 3.52. The van der Waals surface area contributed by atoms with E-state index in [1.807, 2.05) is 0 Å². The van der Waals surface area contributed by atoms with Gasteiger partial charge in [0, 0.05) is 32.6 Å². The number of carbonyl (C=O) groups is 2. The lowest BCUT2D eigenvalue weighted by atomic mass is 10.0. The van der Waals surface area contributed by atoms with E-state index in [4.69, 9.17) is 5.73 Å². The summed E-state index contributed by atoms with van der Waals surface area (Å²) < 4.78 is 1.36. The van der Waals surface area contributed by atoms with Crippen molar-refractivity contribution in [2.75, 3.05) is 0 Å². The highest BCUT2D eigenvalue weighted by molar-refractivity contribution is 9.11. The number of hydrogen-bond acceptors (Lipinski definition) is 4. The second-order valence-electron chi connectivity index (χ2n) is 5.18. The van der Waals surface area contributed by atoms with Crippen molar-refractivity contribution in [1.82, 2.24) is 5.32 Å². The molecule has 1 atom stereocenters. The van der Waals surface area contributed by atoms with Gasteiger partial charge in [0.2, 0.25) is 5.91 Å². The van der Waals surface area contributed by atoms with Crippen molar-refractivity contribution in [3.8, 4) is 0 Å². The minimum atomic E-state index is -1.08. The zero-order chi connectivity index (χ0) is 18.6. The molecule has 7 nitrogen and oxygen atoms in total. The molecule has 0 saturated carbocycles. The Hall–Kier alpha value is -2.26. The van der Waals surface area contributed by atoms with Crippen LogP contribution in [0.2, 0.25) is 0 Å². The summed E-state index contributed by atoms with van der Waals surface area (Å²) in [5.41, 5.74) is 5.85. The highest BCUT2D eigenvalue weighted by atomic mass is 79.9. The van der Waals surface area contributed by atoms with Crippen LogP contribution in [0.25, 0.3) is 0 Å². The first kappa shape index (κ1) is 19.1. The summed E-state index contributed by atoms with van der Waals surface area (Å²) in [4.78, 5) is 34.6. The van der Waals surface area contributed by atoms with Crippen molar-refractivity contribution in [2.45, 2.75) is 12.5 Å². The molecule has 2 rings (SSSR count). The van der Waals surface area contributed by atoms with Gasteiger partial charge in [-0.05, 0) is 18.2 Å². The number of halogens is 2. The largest absolute Gasteiger partial charge is 0.368 e. The van der Waals surface area contributed by atoms with Gasteiger partial charge in [0.1, 0.15) is 6.04 Å². The Bertz CT molecular complexity index is 822. The highest BCUT2D eigenvalue weighted by Gasteiger charge is 2.23. The predicted molar refractivity (Wildman–Crippen MR) is 99.1 cm³/mol. The molecular formula is C16H13Br2N3O4. The summed E-state index contributed by atoms with van der Waals surface area (Å²) in [6.45, 7) is 0. The van der Waals surface area contributed by atoms with Gasteiger partial charge in [-0.2, -0.15) is 0 Å². The molecule has 0 fully saturated rings. The smallest absolute Gasteiger partial charge is 0.272 e. The van der Waals surface area contributed by atoms with E-state index in [0.29, 0.717) is 20.1 Å². The van der Waals surface area contributed by atoms with Gasteiger partial charge in [-0.15, -0.1) is 0 Å². The number of nitrogens with two attached hydrogens (primary N) is 1. The molecule has 0 aromatic heterocycles. The standard InChI is InChI=1S/C16H13Br2N3O4/c17-11-5-10(6-12(18)8-11)16(23)20-13(15(19)22)7-9-3-1-2-4-14(9)21(24)25/h1-6,8,13H,7H2,(H2,19,22)(H,20,23)/t13-/m1/s1. The van der Waals surface area contributed by atoms with Crippen LogP contribution in [-0.4, -0.2) is 22.8 Å². The molecule has 2 aromatic carbocycles. The first-order chi connectivity index (χ1) is 11.8. The number of hydrogen-bond donors (Lipinski definition) is 2. The Morgan fingerprint density at radius 3 is 2.32 bits per heavy atom. The van der Waals surface area contributed by atoms with Crippen LogP contribution in [0.15, 0.2) is 51.4 Å². The van der Waals surface area contributed by atoms with Crippen LogP contribution in [0.5, 0.6) is 0 Å². The quantitative estimate of drug-likeness (QED) is 0.498. The van der Waals surface area contributed by atoms with E-state index in [1.54, 1.807) is 24.3 Å². The Morgan fingerprint density at radius 2 is 1.76 bits per heavy atom. The number of amides is 2. The molecule has 0 spiro atoms. The molecule has 2 amide bonds. The fourth-order valence-electron chi connectivity index (χ4n) is 2.23. The Labute approximate surface area is 160 Å². The zero-order valence-corrected chi connectivity index (χ0v) is 15.9. The number of benzene rings is 2. The SMILES string of the molecule is NC(=O)[C@@H](Cc1ccccc1[N+](=O)[O-])NC(=O)c1cc(Br)cc(Br)c1. The molecule has 3 N–H and O–H groups in total. The van der Waals surface area contributed by atoms with Crippen molar-refractivity contribution < 1.29 is 14.5 Å². The third kappa shape index (κ3) is 5.10. The summed E-state index contributed by atoms with van der Waals surface area (Å²) in [5, 5.41) is 13.6. The maximum atomic E-state index is 12.4. The van der Waals surface area contributed by atoms with Crippen molar-refractivity contribution in [3.05, 3.63) is 72.7 Å². The van der Waals surface area contributed by atoms with E-state index in [2.05, 4.69) is 37.2 Å². The van der Waals surface area contributed by atoms with E-state index in [-0.39, 0.29) is 12.1 Å². The van der Waals surface area contributed by atoms with E-state index in [9.17, 15) is 19.7 Å². The van der Waals surface area contributed by atoms with E-state index in [1.165, 1.54) is 18.2 Å². The van der Waals surface area contributed by atoms with Crippen LogP contribution >= 0.6 is 31.9 Å². The monoisotopic (exact) mass is 469 g/mol. The molecular weight excluding hydrogens is 458 g/mol. The Morgan fingerprint density at radius 1 is 1.16 bits per heavy atom. The normalized spacial score (nSPS) is 11.6. The molecule has 2 aromatic rings. The number of nitro benzene ring substituents is 1. The summed E-state index contributed by atoms with van der Waals surface area (Å²) >= 11 is 6.56. The third-order valence-electron chi connectivity index (χ3n) is 3.39. The number of primary amides is 1. The van der Waals surface area contributed by atoms with Crippen molar-refractivity contribution in [1.29, 1.82) is 0 Å². The first-order valence-corrected chi connectivity index (χ1v) is 8.65. The van der Waals surface area contributed by atoms with Crippen molar-refractivity contribution in [3.63, 3.8) is 0 Å². The van der Waals surface area contributed by atoms with Crippen LogP contribution in [0.3, 0.4) is 0 Å². The van der Waals surface area contributed by atoms with Crippen LogP contribution < -0.4 is 11.1 Å². The topological polar surface area (TPSA) is 115 Å². The van der Waals surface area contributed by atoms with Crippen molar-refractivity contribution >= 4 is 49.4 Å². The van der Waals surface area contributed by atoms with Gasteiger partial charge in [0.05, 0.1) is 4.92 Å². The van der Waals surface area contributed by atoms with Gasteiger partial charge in [-0.1, -0.05) is 50.1 Å². The Kier molecular flexibility index (Phi) is 6.27. The number of nitrogens with zero attached hydrogens (tertiary/aromatic N) is 1. The van der Waals surface area contributed by atoms with Crippen molar-refractivity contribution in [2.24, 2.45) is 5.73 Å². The lowest BCUT2D eigenvalue weighted by molar-refractivity contribution is -0.385. The predicted octanol–water partition coefficient (Wildman–Crippen LogP) is 2.95. The summed E-state index contributed by atoms with van der Waals surface area (Å²) in [7, 11) is 0.